The number of amides is 4. The van der Waals surface area contributed by atoms with Gasteiger partial charge in [-0.05, 0) is 12.8 Å². The largest absolute Gasteiger partial charge is 0.332 e. The molecule has 0 aromatic rings. The van der Waals surface area contributed by atoms with E-state index in [4.69, 9.17) is 0 Å². The van der Waals surface area contributed by atoms with E-state index in [-0.39, 0.29) is 11.9 Å². The van der Waals surface area contributed by atoms with Crippen LogP contribution in [-0.2, 0) is 9.59 Å². The van der Waals surface area contributed by atoms with Crippen molar-refractivity contribution in [3.63, 3.8) is 0 Å². The first-order valence-corrected chi connectivity index (χ1v) is 6.75. The minimum absolute atomic E-state index is 0.0259. The van der Waals surface area contributed by atoms with Crippen LogP contribution in [0.4, 0.5) is 4.79 Å². The molecule has 0 bridgehead atoms. The second-order valence-corrected chi connectivity index (χ2v) is 4.55. The van der Waals surface area contributed by atoms with Gasteiger partial charge in [0.05, 0.1) is 0 Å². The predicted molar refractivity (Wildman–Crippen MR) is 71.7 cm³/mol. The number of rotatable bonds is 6. The topological polar surface area (TPSA) is 70.1 Å². The lowest BCUT2D eigenvalue weighted by molar-refractivity contribution is -0.121. The highest BCUT2D eigenvalue weighted by atomic mass is 16.2. The van der Waals surface area contributed by atoms with Crippen LogP contribution in [-0.4, -0.2) is 46.6 Å². The molecule has 0 unspecified atom stereocenters. The zero-order valence-electron chi connectivity index (χ0n) is 11.8. The van der Waals surface area contributed by atoms with Crippen molar-refractivity contribution in [3.05, 3.63) is 0 Å². The van der Waals surface area contributed by atoms with Crippen LogP contribution in [0.1, 0.15) is 46.5 Å². The molecule has 6 heteroatoms. The SMILES string of the molecule is CCCCN1C(=O)C(=NC(C)=O)N(CCCC)C1=O. The van der Waals surface area contributed by atoms with Gasteiger partial charge in [0, 0.05) is 20.0 Å². The number of urea groups is 1. The Morgan fingerprint density at radius 3 is 2.05 bits per heavy atom. The van der Waals surface area contributed by atoms with Gasteiger partial charge in [-0.2, -0.15) is 4.99 Å². The van der Waals surface area contributed by atoms with Gasteiger partial charge in [-0.3, -0.25) is 19.4 Å². The molecule has 1 heterocycles. The van der Waals surface area contributed by atoms with Crippen LogP contribution in [0.2, 0.25) is 0 Å². The number of aliphatic imine (C=N–C) groups is 1. The predicted octanol–water partition coefficient (Wildman–Crippen LogP) is 1.80. The number of carbonyl (C=O) groups excluding carboxylic acids is 3. The minimum atomic E-state index is -0.463. The fraction of sp³-hybridized carbons (Fsp3) is 0.692. The Kier molecular flexibility index (Phi) is 5.66. The molecule has 0 atom stereocenters. The van der Waals surface area contributed by atoms with E-state index in [2.05, 4.69) is 4.99 Å². The molecule has 0 radical (unpaired) electrons. The molecule has 1 saturated heterocycles. The van der Waals surface area contributed by atoms with Gasteiger partial charge in [-0.15, -0.1) is 0 Å². The zero-order chi connectivity index (χ0) is 14.4. The summed E-state index contributed by atoms with van der Waals surface area (Å²) in [7, 11) is 0. The summed E-state index contributed by atoms with van der Waals surface area (Å²) in [6.45, 7) is 6.07. The second-order valence-electron chi connectivity index (χ2n) is 4.55. The molecule has 1 aliphatic rings. The molecule has 1 fully saturated rings. The van der Waals surface area contributed by atoms with Gasteiger partial charge in [0.1, 0.15) is 0 Å². The van der Waals surface area contributed by atoms with Crippen LogP contribution in [0, 0.1) is 0 Å². The van der Waals surface area contributed by atoms with Crippen LogP contribution < -0.4 is 0 Å². The summed E-state index contributed by atoms with van der Waals surface area (Å²) in [6, 6.07) is -0.355. The monoisotopic (exact) mass is 267 g/mol. The Morgan fingerprint density at radius 1 is 1.05 bits per heavy atom. The maximum atomic E-state index is 12.2. The minimum Gasteiger partial charge on any atom is -0.273 e. The average molecular weight is 267 g/mol. The maximum absolute atomic E-state index is 12.2. The molecule has 0 aliphatic carbocycles. The Labute approximate surface area is 113 Å². The van der Waals surface area contributed by atoms with Gasteiger partial charge < -0.3 is 0 Å². The van der Waals surface area contributed by atoms with Gasteiger partial charge in [0.25, 0.3) is 5.91 Å². The fourth-order valence-electron chi connectivity index (χ4n) is 1.85. The first-order chi connectivity index (χ1) is 9.02. The molecule has 0 N–H and O–H groups in total. The second kappa shape index (κ2) is 7.01. The lowest BCUT2D eigenvalue weighted by atomic mass is 10.3. The van der Waals surface area contributed by atoms with Crippen molar-refractivity contribution in [2.45, 2.75) is 46.5 Å². The molecule has 0 saturated carbocycles. The van der Waals surface area contributed by atoms with Gasteiger partial charge in [0.15, 0.2) is 0 Å². The van der Waals surface area contributed by atoms with Crippen molar-refractivity contribution in [1.82, 2.24) is 9.80 Å². The molecule has 106 valence electrons. The summed E-state index contributed by atoms with van der Waals surface area (Å²) >= 11 is 0. The van der Waals surface area contributed by atoms with Crippen LogP contribution >= 0.6 is 0 Å². The Bertz CT molecular complexity index is 404. The van der Waals surface area contributed by atoms with Gasteiger partial charge in [0.2, 0.25) is 11.7 Å². The quantitative estimate of drug-likeness (QED) is 0.689. The molecule has 1 aliphatic heterocycles. The summed E-state index contributed by atoms with van der Waals surface area (Å²) in [4.78, 5) is 41.6. The van der Waals surface area contributed by atoms with Gasteiger partial charge in [-0.25, -0.2) is 4.79 Å². The zero-order valence-corrected chi connectivity index (χ0v) is 11.8. The van der Waals surface area contributed by atoms with E-state index in [1.54, 1.807) is 0 Å². The molecule has 19 heavy (non-hydrogen) atoms. The highest BCUT2D eigenvalue weighted by molar-refractivity contribution is 6.47. The highest BCUT2D eigenvalue weighted by Crippen LogP contribution is 2.15. The van der Waals surface area contributed by atoms with E-state index < -0.39 is 11.8 Å². The van der Waals surface area contributed by atoms with Crippen LogP contribution in [0.5, 0.6) is 0 Å². The van der Waals surface area contributed by atoms with Crippen molar-refractivity contribution in [2.24, 2.45) is 4.99 Å². The van der Waals surface area contributed by atoms with Gasteiger partial charge in [-0.1, -0.05) is 26.7 Å². The van der Waals surface area contributed by atoms with Gasteiger partial charge >= 0.3 is 6.03 Å². The van der Waals surface area contributed by atoms with Crippen molar-refractivity contribution < 1.29 is 14.4 Å². The average Bonchev–Trinajstić information content (AvgIpc) is 2.57. The molecule has 6 nitrogen and oxygen atoms in total. The van der Waals surface area contributed by atoms with Crippen molar-refractivity contribution in [3.8, 4) is 0 Å². The molecule has 4 amide bonds. The van der Waals surface area contributed by atoms with E-state index in [1.807, 2.05) is 13.8 Å². The normalized spacial score (nSPS) is 17.7. The van der Waals surface area contributed by atoms with Crippen molar-refractivity contribution in [1.29, 1.82) is 0 Å². The first-order valence-electron chi connectivity index (χ1n) is 6.75. The molecular formula is C13H21N3O3. The molecule has 0 aromatic carbocycles. The maximum Gasteiger partial charge on any atom is 0.332 e. The number of unbranched alkanes of at least 4 members (excludes halogenated alkanes) is 2. The van der Waals surface area contributed by atoms with Crippen LogP contribution in [0.15, 0.2) is 4.99 Å². The number of nitrogens with zero attached hydrogens (tertiary/aromatic N) is 3. The molecule has 0 aromatic heterocycles. The fourth-order valence-corrected chi connectivity index (χ4v) is 1.85. The van der Waals surface area contributed by atoms with Crippen LogP contribution in [0.3, 0.4) is 0 Å². The Morgan fingerprint density at radius 2 is 1.58 bits per heavy atom. The van der Waals surface area contributed by atoms with E-state index >= 15 is 0 Å². The van der Waals surface area contributed by atoms with Crippen molar-refractivity contribution in [2.75, 3.05) is 13.1 Å². The van der Waals surface area contributed by atoms with E-state index in [1.165, 1.54) is 16.7 Å². The molecule has 1 rings (SSSR count). The lowest BCUT2D eigenvalue weighted by Crippen LogP contribution is -2.34. The highest BCUT2D eigenvalue weighted by Gasteiger charge is 2.41. The number of hydrogen-bond acceptors (Lipinski definition) is 3. The number of carbonyl (C=O) groups is 3. The third kappa shape index (κ3) is 3.62. The number of amidine groups is 1. The summed E-state index contributed by atoms with van der Waals surface area (Å²) in [5.41, 5.74) is 0. The molecular weight excluding hydrogens is 246 g/mol. The standard InChI is InChI=1S/C13H21N3O3/c1-4-6-8-15-11(14-10(3)17)12(18)16(13(15)19)9-7-5-2/h4-9H2,1-3H3. The van der Waals surface area contributed by atoms with E-state index in [9.17, 15) is 14.4 Å². The summed E-state index contributed by atoms with van der Waals surface area (Å²) in [5, 5.41) is 0. The smallest absolute Gasteiger partial charge is 0.273 e. The summed E-state index contributed by atoms with van der Waals surface area (Å²) in [5.74, 6) is -0.943. The molecule has 0 spiro atoms. The Hall–Kier alpha value is -1.72. The lowest BCUT2D eigenvalue weighted by Gasteiger charge is -2.15. The number of hydrogen-bond donors (Lipinski definition) is 0. The summed E-state index contributed by atoms with van der Waals surface area (Å²) < 4.78 is 0. The first kappa shape index (κ1) is 15.3. The third-order valence-corrected chi connectivity index (χ3v) is 2.89. The Balaban J connectivity index is 2.95. The third-order valence-electron chi connectivity index (χ3n) is 2.89. The van der Waals surface area contributed by atoms with Crippen molar-refractivity contribution >= 4 is 23.7 Å². The van der Waals surface area contributed by atoms with E-state index in [0.717, 1.165) is 25.7 Å². The summed E-state index contributed by atoms with van der Waals surface area (Å²) in [6.07, 6.45) is 3.33. The van der Waals surface area contributed by atoms with Crippen LogP contribution in [0.25, 0.3) is 0 Å². The number of imide groups is 1. The van der Waals surface area contributed by atoms with E-state index in [0.29, 0.717) is 13.1 Å².